The monoisotopic (exact) mass is 286 g/mol. The van der Waals surface area contributed by atoms with Gasteiger partial charge in [0.05, 0.1) is 0 Å². The number of benzene rings is 1. The van der Waals surface area contributed by atoms with Crippen molar-refractivity contribution in [3.8, 4) is 0 Å². The highest BCUT2D eigenvalue weighted by atomic mass is 15.2. The van der Waals surface area contributed by atoms with Crippen molar-refractivity contribution in [2.45, 2.75) is 65.5 Å². The molecule has 0 spiro atoms. The molecule has 0 radical (unpaired) electrons. The highest BCUT2D eigenvalue weighted by Crippen LogP contribution is 2.40. The first-order chi connectivity index (χ1) is 9.95. The summed E-state index contributed by atoms with van der Waals surface area (Å²) in [6.07, 6.45) is 6.67. The molecular formula is C19H30N2. The van der Waals surface area contributed by atoms with Crippen molar-refractivity contribution >= 4 is 5.69 Å². The van der Waals surface area contributed by atoms with Gasteiger partial charge in [0.2, 0.25) is 0 Å². The molecule has 21 heavy (non-hydrogen) atoms. The van der Waals surface area contributed by atoms with E-state index in [-0.39, 0.29) is 0 Å². The average molecular weight is 286 g/mol. The van der Waals surface area contributed by atoms with Crippen LogP contribution in [0.4, 0.5) is 5.69 Å². The van der Waals surface area contributed by atoms with Crippen molar-refractivity contribution < 1.29 is 0 Å². The number of nitrogens with two attached hydrogens (primary N) is 1. The van der Waals surface area contributed by atoms with E-state index in [1.807, 2.05) is 6.07 Å². The summed E-state index contributed by atoms with van der Waals surface area (Å²) in [6.45, 7) is 9.49. The summed E-state index contributed by atoms with van der Waals surface area (Å²) < 4.78 is 0. The zero-order valence-corrected chi connectivity index (χ0v) is 13.9. The Morgan fingerprint density at radius 3 is 2.48 bits per heavy atom. The van der Waals surface area contributed by atoms with Gasteiger partial charge in [-0.1, -0.05) is 32.9 Å². The third-order valence-electron chi connectivity index (χ3n) is 5.77. The third-order valence-corrected chi connectivity index (χ3v) is 5.77. The number of rotatable bonds is 1. The van der Waals surface area contributed by atoms with Gasteiger partial charge in [-0.15, -0.1) is 0 Å². The number of fused-ring (bicyclic) bond motifs is 1. The van der Waals surface area contributed by atoms with Gasteiger partial charge >= 0.3 is 0 Å². The van der Waals surface area contributed by atoms with Crippen LogP contribution < -0.4 is 5.73 Å². The highest BCUT2D eigenvalue weighted by Gasteiger charge is 2.33. The summed E-state index contributed by atoms with van der Waals surface area (Å²) in [7, 11) is 0. The minimum Gasteiger partial charge on any atom is -0.398 e. The van der Waals surface area contributed by atoms with E-state index in [9.17, 15) is 0 Å². The zero-order valence-electron chi connectivity index (χ0n) is 13.9. The second-order valence-electron chi connectivity index (χ2n) is 8.08. The third kappa shape index (κ3) is 3.11. The van der Waals surface area contributed by atoms with Crippen LogP contribution in [0.1, 0.15) is 57.6 Å². The number of hydrogen-bond donors (Lipinski definition) is 1. The summed E-state index contributed by atoms with van der Waals surface area (Å²) in [6, 6.07) is 7.20. The van der Waals surface area contributed by atoms with Gasteiger partial charge in [0, 0.05) is 24.8 Å². The number of nitrogen functional groups attached to an aromatic ring is 1. The van der Waals surface area contributed by atoms with Crippen LogP contribution in [0, 0.1) is 11.3 Å². The number of hydrogen-bond acceptors (Lipinski definition) is 2. The molecule has 0 unspecified atom stereocenters. The van der Waals surface area contributed by atoms with Crippen LogP contribution >= 0.6 is 0 Å². The molecule has 1 saturated carbocycles. The Labute approximate surface area is 129 Å². The fraction of sp³-hybridized carbons (Fsp3) is 0.684. The molecule has 2 N–H and O–H groups in total. The van der Waals surface area contributed by atoms with Crippen molar-refractivity contribution in [1.82, 2.24) is 4.90 Å². The maximum Gasteiger partial charge on any atom is 0.0350 e. The Kier molecular flexibility index (Phi) is 4.00. The van der Waals surface area contributed by atoms with E-state index in [4.69, 9.17) is 5.73 Å². The lowest BCUT2D eigenvalue weighted by molar-refractivity contribution is 0.0874. The molecule has 1 fully saturated rings. The van der Waals surface area contributed by atoms with Crippen molar-refractivity contribution in [3.05, 3.63) is 29.3 Å². The minimum absolute atomic E-state index is 0.480. The maximum absolute atomic E-state index is 6.11. The van der Waals surface area contributed by atoms with Gasteiger partial charge in [0.25, 0.3) is 0 Å². The summed E-state index contributed by atoms with van der Waals surface area (Å²) in [4.78, 5) is 2.71. The first-order valence-electron chi connectivity index (χ1n) is 8.55. The number of nitrogens with zero attached hydrogens (tertiary/aromatic N) is 1. The predicted octanol–water partition coefficient (Wildman–Crippen LogP) is 4.23. The van der Waals surface area contributed by atoms with E-state index < -0.39 is 0 Å². The Morgan fingerprint density at radius 1 is 1.10 bits per heavy atom. The quantitative estimate of drug-likeness (QED) is 0.783. The minimum atomic E-state index is 0.480. The highest BCUT2D eigenvalue weighted by molar-refractivity contribution is 5.51. The lowest BCUT2D eigenvalue weighted by atomic mass is 9.71. The van der Waals surface area contributed by atoms with Crippen LogP contribution in [0.25, 0.3) is 0 Å². The molecule has 1 aliphatic heterocycles. The van der Waals surface area contributed by atoms with Crippen LogP contribution in [-0.2, 0) is 13.0 Å². The fourth-order valence-corrected chi connectivity index (χ4v) is 4.28. The van der Waals surface area contributed by atoms with Gasteiger partial charge < -0.3 is 5.73 Å². The Morgan fingerprint density at radius 2 is 1.81 bits per heavy atom. The lowest BCUT2D eigenvalue weighted by Crippen LogP contribution is -2.42. The predicted molar refractivity (Wildman–Crippen MR) is 90.2 cm³/mol. The fourth-order valence-electron chi connectivity index (χ4n) is 4.28. The molecule has 2 heteroatoms. The van der Waals surface area contributed by atoms with Crippen molar-refractivity contribution in [3.63, 3.8) is 0 Å². The summed E-state index contributed by atoms with van der Waals surface area (Å²) >= 11 is 0. The molecule has 0 amide bonds. The van der Waals surface area contributed by atoms with Crippen LogP contribution in [0.3, 0.4) is 0 Å². The van der Waals surface area contributed by atoms with Gasteiger partial charge in [-0.3, -0.25) is 4.90 Å². The standard InChI is InChI=1S/C19H30N2/c1-19(2,3)15-7-9-16(10-8-15)21-12-11-17-14(13-21)5-4-6-18(17)20/h4-6,15-16H,7-13,20H2,1-3H3. The van der Waals surface area contributed by atoms with Crippen molar-refractivity contribution in [2.75, 3.05) is 12.3 Å². The van der Waals surface area contributed by atoms with Crippen LogP contribution in [-0.4, -0.2) is 17.5 Å². The van der Waals surface area contributed by atoms with E-state index in [0.29, 0.717) is 5.41 Å². The molecular weight excluding hydrogens is 256 g/mol. The van der Waals surface area contributed by atoms with E-state index in [1.54, 1.807) is 0 Å². The van der Waals surface area contributed by atoms with Gasteiger partial charge in [-0.05, 0) is 60.6 Å². The van der Waals surface area contributed by atoms with E-state index in [0.717, 1.165) is 30.6 Å². The molecule has 0 bridgehead atoms. The zero-order chi connectivity index (χ0) is 15.0. The molecule has 1 heterocycles. The molecule has 1 aliphatic carbocycles. The number of anilines is 1. The average Bonchev–Trinajstić information content (AvgIpc) is 2.46. The molecule has 116 valence electrons. The molecule has 0 atom stereocenters. The van der Waals surface area contributed by atoms with E-state index in [2.05, 4.69) is 37.8 Å². The lowest BCUT2D eigenvalue weighted by Gasteiger charge is -2.42. The van der Waals surface area contributed by atoms with Gasteiger partial charge in [0.1, 0.15) is 0 Å². The van der Waals surface area contributed by atoms with Crippen LogP contribution in [0.2, 0.25) is 0 Å². The smallest absolute Gasteiger partial charge is 0.0350 e. The molecule has 2 nitrogen and oxygen atoms in total. The second-order valence-corrected chi connectivity index (χ2v) is 8.08. The first kappa shape index (κ1) is 14.9. The van der Waals surface area contributed by atoms with Crippen molar-refractivity contribution in [2.24, 2.45) is 11.3 Å². The van der Waals surface area contributed by atoms with Crippen LogP contribution in [0.5, 0.6) is 0 Å². The molecule has 0 saturated heterocycles. The normalized spacial score (nSPS) is 27.4. The second kappa shape index (κ2) is 5.64. The van der Waals surface area contributed by atoms with Gasteiger partial charge in [-0.25, -0.2) is 0 Å². The molecule has 3 rings (SSSR count). The molecule has 2 aliphatic rings. The Hall–Kier alpha value is -1.02. The SMILES string of the molecule is CC(C)(C)C1CCC(N2CCc3c(N)cccc3C2)CC1. The van der Waals surface area contributed by atoms with E-state index in [1.165, 1.54) is 43.4 Å². The summed E-state index contributed by atoms with van der Waals surface area (Å²) in [5, 5.41) is 0. The first-order valence-corrected chi connectivity index (χ1v) is 8.55. The van der Waals surface area contributed by atoms with Crippen LogP contribution in [0.15, 0.2) is 18.2 Å². The maximum atomic E-state index is 6.11. The molecule has 1 aromatic carbocycles. The Balaban J connectivity index is 1.63. The molecule has 0 aromatic heterocycles. The van der Waals surface area contributed by atoms with Gasteiger partial charge in [0.15, 0.2) is 0 Å². The Bertz CT molecular complexity index is 493. The topological polar surface area (TPSA) is 29.3 Å². The molecule has 1 aromatic rings. The summed E-state index contributed by atoms with van der Waals surface area (Å²) in [5.41, 5.74) is 10.4. The van der Waals surface area contributed by atoms with Crippen molar-refractivity contribution in [1.29, 1.82) is 0 Å². The van der Waals surface area contributed by atoms with E-state index >= 15 is 0 Å². The summed E-state index contributed by atoms with van der Waals surface area (Å²) in [5.74, 6) is 0.904. The van der Waals surface area contributed by atoms with Gasteiger partial charge in [-0.2, -0.15) is 0 Å². The largest absolute Gasteiger partial charge is 0.398 e.